The number of hydrogen-bond donors (Lipinski definition) is 0. The number of nitrogens with zero attached hydrogens (tertiary/aromatic N) is 3. The van der Waals surface area contributed by atoms with E-state index >= 15 is 0 Å². The minimum atomic E-state index is -0.940. The fourth-order valence-electron chi connectivity index (χ4n) is 4.21. The van der Waals surface area contributed by atoms with Gasteiger partial charge in [0, 0.05) is 6.20 Å². The fraction of sp³-hybridized carbons (Fsp3) is 0.231. The summed E-state index contributed by atoms with van der Waals surface area (Å²) in [5.74, 6) is -1.08. The van der Waals surface area contributed by atoms with Gasteiger partial charge in [0.1, 0.15) is 23.2 Å². The van der Waals surface area contributed by atoms with Crippen molar-refractivity contribution in [1.29, 1.82) is 0 Å². The zero-order valence-corrected chi connectivity index (χ0v) is 19.5. The first-order valence-corrected chi connectivity index (χ1v) is 11.6. The normalized spacial score (nSPS) is 21.7. The second kappa shape index (κ2) is 9.85. The van der Waals surface area contributed by atoms with Crippen LogP contribution in [0.2, 0.25) is 5.15 Å². The minimum absolute atomic E-state index is 0.295. The topological polar surface area (TPSA) is 92.5 Å². The maximum absolute atomic E-state index is 13.1. The van der Waals surface area contributed by atoms with Crippen molar-refractivity contribution in [1.82, 2.24) is 14.5 Å². The Kier molecular flexibility index (Phi) is 6.48. The second-order valence-electron chi connectivity index (χ2n) is 8.07. The number of rotatable bonds is 6. The number of halogens is 1. The van der Waals surface area contributed by atoms with Crippen LogP contribution in [-0.2, 0) is 14.2 Å². The molecule has 1 saturated heterocycles. The molecule has 1 aliphatic heterocycles. The Morgan fingerprint density at radius 1 is 0.914 bits per heavy atom. The van der Waals surface area contributed by atoms with Gasteiger partial charge in [0.05, 0.1) is 16.5 Å². The molecule has 3 heterocycles. The van der Waals surface area contributed by atoms with Crippen LogP contribution in [0.4, 0.5) is 0 Å². The van der Waals surface area contributed by atoms with Crippen LogP contribution in [0.15, 0.2) is 79.3 Å². The van der Waals surface area contributed by atoms with E-state index in [0.717, 1.165) is 0 Å². The monoisotopic (exact) mass is 491 g/mol. The van der Waals surface area contributed by atoms with E-state index in [4.69, 9.17) is 25.8 Å². The molecule has 8 nitrogen and oxygen atoms in total. The Morgan fingerprint density at radius 3 is 2.11 bits per heavy atom. The molecule has 35 heavy (non-hydrogen) atoms. The van der Waals surface area contributed by atoms with Crippen LogP contribution < -0.4 is 0 Å². The molecule has 0 radical (unpaired) electrons. The van der Waals surface area contributed by atoms with Crippen molar-refractivity contribution >= 4 is 34.6 Å². The molecule has 178 valence electrons. The quantitative estimate of drug-likeness (QED) is 0.281. The van der Waals surface area contributed by atoms with Crippen molar-refractivity contribution in [2.24, 2.45) is 0 Å². The third-order valence-corrected chi connectivity index (χ3v) is 6.23. The molecule has 2 aromatic carbocycles. The van der Waals surface area contributed by atoms with E-state index in [0.29, 0.717) is 33.7 Å². The summed E-state index contributed by atoms with van der Waals surface area (Å²) >= 11 is 6.24. The lowest BCUT2D eigenvalue weighted by Crippen LogP contribution is -2.39. The van der Waals surface area contributed by atoms with Gasteiger partial charge in [0.15, 0.2) is 18.4 Å². The predicted molar refractivity (Wildman–Crippen MR) is 128 cm³/mol. The lowest BCUT2D eigenvalue weighted by molar-refractivity contribution is -0.0487. The molecular formula is C26H22ClN3O5. The first-order chi connectivity index (χ1) is 17.1. The van der Waals surface area contributed by atoms with Gasteiger partial charge >= 0.3 is 11.9 Å². The van der Waals surface area contributed by atoms with E-state index in [9.17, 15) is 9.59 Å². The van der Waals surface area contributed by atoms with Crippen molar-refractivity contribution in [3.05, 3.63) is 95.5 Å². The Hall–Kier alpha value is -3.75. The summed E-state index contributed by atoms with van der Waals surface area (Å²) in [6, 6.07) is 19.1. The highest BCUT2D eigenvalue weighted by molar-refractivity contribution is 6.33. The Morgan fingerprint density at radius 2 is 1.51 bits per heavy atom. The highest BCUT2D eigenvalue weighted by Gasteiger charge is 2.50. The fourth-order valence-corrected chi connectivity index (χ4v) is 4.40. The van der Waals surface area contributed by atoms with E-state index in [2.05, 4.69) is 9.97 Å². The maximum Gasteiger partial charge on any atom is 0.338 e. The first-order valence-electron chi connectivity index (χ1n) is 11.2. The highest BCUT2D eigenvalue weighted by atomic mass is 35.5. The van der Waals surface area contributed by atoms with Gasteiger partial charge in [-0.3, -0.25) is 0 Å². The third kappa shape index (κ3) is 4.50. The van der Waals surface area contributed by atoms with Crippen molar-refractivity contribution in [3.8, 4) is 0 Å². The number of fused-ring (bicyclic) bond motifs is 1. The molecular weight excluding hydrogens is 470 g/mol. The average Bonchev–Trinajstić information content (AvgIpc) is 3.47. The molecule has 4 aromatic rings. The lowest BCUT2D eigenvalue weighted by atomic mass is 10.1. The third-order valence-electron chi connectivity index (χ3n) is 5.93. The highest BCUT2D eigenvalue weighted by Crippen LogP contribution is 2.38. The molecule has 0 amide bonds. The second-order valence-corrected chi connectivity index (χ2v) is 8.43. The van der Waals surface area contributed by atoms with Gasteiger partial charge in [0.2, 0.25) is 0 Å². The number of benzene rings is 2. The summed E-state index contributed by atoms with van der Waals surface area (Å²) < 4.78 is 19.9. The van der Waals surface area contributed by atoms with Crippen LogP contribution in [0, 0.1) is 0 Å². The first kappa shape index (κ1) is 23.0. The van der Waals surface area contributed by atoms with Gasteiger partial charge in [-0.1, -0.05) is 54.9 Å². The molecule has 1 unspecified atom stereocenters. The van der Waals surface area contributed by atoms with Gasteiger partial charge in [0.25, 0.3) is 0 Å². The number of ether oxygens (including phenoxy) is 3. The molecule has 5 rings (SSSR count). The summed E-state index contributed by atoms with van der Waals surface area (Å²) in [6.07, 6.45) is 0.515. The van der Waals surface area contributed by atoms with Gasteiger partial charge in [-0.2, -0.15) is 0 Å². The number of carbonyl (C=O) groups excluding carboxylic acids is 2. The van der Waals surface area contributed by atoms with E-state index in [1.165, 1.54) is 6.33 Å². The molecule has 0 spiro atoms. The minimum Gasteiger partial charge on any atom is -0.452 e. The van der Waals surface area contributed by atoms with E-state index in [-0.39, 0.29) is 0 Å². The molecule has 2 aromatic heterocycles. The predicted octanol–water partition coefficient (Wildman–Crippen LogP) is 4.84. The molecule has 0 aliphatic carbocycles. The molecule has 1 fully saturated rings. The molecule has 0 saturated carbocycles. The van der Waals surface area contributed by atoms with Crippen LogP contribution in [0.5, 0.6) is 0 Å². The molecule has 4 atom stereocenters. The smallest absolute Gasteiger partial charge is 0.338 e. The lowest BCUT2D eigenvalue weighted by Gasteiger charge is -2.25. The van der Waals surface area contributed by atoms with E-state index in [1.807, 2.05) is 19.1 Å². The Bertz CT molecular complexity index is 1350. The van der Waals surface area contributed by atoms with E-state index in [1.54, 1.807) is 65.4 Å². The maximum atomic E-state index is 13.1. The van der Waals surface area contributed by atoms with Crippen LogP contribution in [0.3, 0.4) is 0 Å². The van der Waals surface area contributed by atoms with Crippen molar-refractivity contribution in [2.45, 2.75) is 37.9 Å². The van der Waals surface area contributed by atoms with Crippen LogP contribution in [0.25, 0.3) is 11.0 Å². The Labute approximate surface area is 206 Å². The molecule has 0 bridgehead atoms. The van der Waals surface area contributed by atoms with Gasteiger partial charge in [-0.25, -0.2) is 19.6 Å². The van der Waals surface area contributed by atoms with Gasteiger partial charge in [-0.15, -0.1) is 0 Å². The standard InChI is InChI=1S/C26H22ClN3O5/c1-2-19-20(34-25(31)16-9-5-3-6-10-16)21(35-26(32)17-11-7-4-8-12-17)24(33-19)30-14-13-18-22(27)28-15-29-23(18)30/h3-15,19-21,24H,2H2,1H3/t19-,20?,21+,24-/m1/s1. The largest absolute Gasteiger partial charge is 0.452 e. The average molecular weight is 492 g/mol. The van der Waals surface area contributed by atoms with E-state index < -0.39 is 36.5 Å². The molecule has 1 aliphatic rings. The molecule has 0 N–H and O–H groups in total. The SMILES string of the molecule is CC[C@H]1O[C@@H](n2ccc3c(Cl)ncnc32)[C@@H](OC(=O)c2ccccc2)C1OC(=O)c1ccccc1. The zero-order valence-electron chi connectivity index (χ0n) is 18.8. The van der Waals surface area contributed by atoms with Crippen LogP contribution in [-0.4, -0.2) is 44.8 Å². The zero-order chi connectivity index (χ0) is 24.4. The van der Waals surface area contributed by atoms with Gasteiger partial charge in [-0.05, 0) is 36.8 Å². The summed E-state index contributed by atoms with van der Waals surface area (Å²) in [5, 5.41) is 0.923. The summed E-state index contributed by atoms with van der Waals surface area (Å²) in [5.41, 5.74) is 1.28. The van der Waals surface area contributed by atoms with Crippen LogP contribution in [0.1, 0.15) is 40.3 Å². The summed E-state index contributed by atoms with van der Waals surface area (Å²) in [7, 11) is 0. The summed E-state index contributed by atoms with van der Waals surface area (Å²) in [4.78, 5) is 34.4. The number of hydrogen-bond acceptors (Lipinski definition) is 7. The number of aromatic nitrogens is 3. The van der Waals surface area contributed by atoms with Crippen molar-refractivity contribution in [2.75, 3.05) is 0 Å². The van der Waals surface area contributed by atoms with Gasteiger partial charge < -0.3 is 18.8 Å². The Balaban J connectivity index is 1.52. The summed E-state index contributed by atoms with van der Waals surface area (Å²) in [6.45, 7) is 1.92. The van der Waals surface area contributed by atoms with Crippen LogP contribution >= 0.6 is 11.6 Å². The number of carbonyl (C=O) groups is 2. The number of esters is 2. The van der Waals surface area contributed by atoms with Crippen molar-refractivity contribution < 1.29 is 23.8 Å². The molecule has 9 heteroatoms. The van der Waals surface area contributed by atoms with Crippen molar-refractivity contribution in [3.63, 3.8) is 0 Å².